The summed E-state index contributed by atoms with van der Waals surface area (Å²) < 4.78 is 5.87. The van der Waals surface area contributed by atoms with Crippen molar-refractivity contribution in [2.45, 2.75) is 31.8 Å². The Morgan fingerprint density at radius 2 is 2.14 bits per heavy atom. The van der Waals surface area contributed by atoms with E-state index in [0.29, 0.717) is 10.4 Å². The third-order valence-corrected chi connectivity index (χ3v) is 5.76. The van der Waals surface area contributed by atoms with Crippen molar-refractivity contribution in [2.24, 2.45) is 7.05 Å². The fraction of sp³-hybridized carbons (Fsp3) is 0.286. The molecule has 0 aliphatic heterocycles. The van der Waals surface area contributed by atoms with Gasteiger partial charge in [0.05, 0.1) is 34.5 Å². The number of nitrogens with zero attached hydrogens (tertiary/aromatic N) is 4. The Hall–Kier alpha value is -2.86. The minimum Gasteiger partial charge on any atom is -0.374 e. The van der Waals surface area contributed by atoms with Crippen LogP contribution in [0.4, 0.5) is 5.69 Å². The first kappa shape index (κ1) is 17.3. The Bertz CT molecular complexity index is 1270. The van der Waals surface area contributed by atoms with Gasteiger partial charge in [-0.3, -0.25) is 4.79 Å². The van der Waals surface area contributed by atoms with Crippen molar-refractivity contribution in [3.05, 3.63) is 70.0 Å². The zero-order valence-corrected chi connectivity index (χ0v) is 16.5. The maximum atomic E-state index is 13.3. The van der Waals surface area contributed by atoms with Gasteiger partial charge in [-0.05, 0) is 37.3 Å². The molecule has 4 aromatic rings. The second kappa shape index (κ2) is 6.34. The average Bonchev–Trinajstić information content (AvgIpc) is 3.38. The van der Waals surface area contributed by atoms with E-state index in [-0.39, 0.29) is 17.6 Å². The second-order valence-electron chi connectivity index (χ2n) is 7.44. The molecule has 1 atom stereocenters. The normalized spacial score (nSPS) is 15.2. The first-order valence-corrected chi connectivity index (χ1v) is 9.84. The highest BCUT2D eigenvalue weighted by molar-refractivity contribution is 6.35. The third-order valence-electron chi connectivity index (χ3n) is 5.45. The van der Waals surface area contributed by atoms with Crippen molar-refractivity contribution in [1.29, 1.82) is 0 Å². The summed E-state index contributed by atoms with van der Waals surface area (Å²) in [5.41, 5.74) is 2.75. The molecule has 142 valence electrons. The number of fused-ring (bicyclic) bond motifs is 2. The molecule has 3 heterocycles. The van der Waals surface area contributed by atoms with Gasteiger partial charge in [0.1, 0.15) is 0 Å². The zero-order valence-electron chi connectivity index (χ0n) is 15.8. The lowest BCUT2D eigenvalue weighted by Crippen LogP contribution is -2.36. The van der Waals surface area contributed by atoms with Crippen LogP contribution in [0, 0.1) is 0 Å². The van der Waals surface area contributed by atoms with Gasteiger partial charge in [0.2, 0.25) is 5.65 Å². The lowest BCUT2D eigenvalue weighted by molar-refractivity contribution is -0.740. The number of imidazole rings is 1. The molecular weight excluding hydrogens is 374 g/mol. The number of rotatable bonds is 4. The molecule has 1 N–H and O–H groups in total. The molecule has 1 fully saturated rings. The van der Waals surface area contributed by atoms with E-state index in [9.17, 15) is 4.79 Å². The molecule has 1 saturated carbocycles. The van der Waals surface area contributed by atoms with Crippen molar-refractivity contribution in [3.8, 4) is 0 Å². The minimum absolute atomic E-state index is 0.000306. The number of hydrogen-bond acceptors (Lipinski definition) is 3. The maximum absolute atomic E-state index is 13.3. The summed E-state index contributed by atoms with van der Waals surface area (Å²) in [5.74, 6) is 0. The van der Waals surface area contributed by atoms with E-state index in [1.165, 1.54) is 0 Å². The van der Waals surface area contributed by atoms with Crippen LogP contribution in [0.15, 0.2) is 53.7 Å². The van der Waals surface area contributed by atoms with Crippen molar-refractivity contribution in [2.75, 3.05) is 5.32 Å². The molecule has 0 spiro atoms. The van der Waals surface area contributed by atoms with Gasteiger partial charge in [-0.15, -0.1) is 9.20 Å². The van der Waals surface area contributed by atoms with Crippen molar-refractivity contribution in [1.82, 2.24) is 14.1 Å². The predicted molar refractivity (Wildman–Crippen MR) is 110 cm³/mol. The van der Waals surface area contributed by atoms with Crippen LogP contribution in [0.2, 0.25) is 5.02 Å². The van der Waals surface area contributed by atoms with E-state index in [4.69, 9.17) is 11.6 Å². The van der Waals surface area contributed by atoms with Crippen LogP contribution in [0.3, 0.4) is 0 Å². The van der Waals surface area contributed by atoms with E-state index in [2.05, 4.69) is 23.3 Å². The number of nitrogens with one attached hydrogen (secondary N) is 1. The topological polar surface area (TPSA) is 55.2 Å². The van der Waals surface area contributed by atoms with Gasteiger partial charge in [0, 0.05) is 17.8 Å². The summed E-state index contributed by atoms with van der Waals surface area (Å²) in [7, 11) is 1.97. The van der Waals surface area contributed by atoms with E-state index in [0.717, 1.165) is 35.3 Å². The largest absolute Gasteiger partial charge is 0.374 e. The number of aromatic nitrogens is 4. The van der Waals surface area contributed by atoms with Crippen LogP contribution in [0.1, 0.15) is 37.5 Å². The van der Waals surface area contributed by atoms with Gasteiger partial charge < -0.3 is 9.88 Å². The minimum atomic E-state index is -0.0649. The lowest BCUT2D eigenvalue weighted by Gasteiger charge is -2.21. The molecule has 1 unspecified atom stereocenters. The summed E-state index contributed by atoms with van der Waals surface area (Å²) in [5, 5.41) is 5.55. The molecule has 7 heteroatoms. The number of aryl methyl sites for hydroxylation is 1. The Morgan fingerprint density at radius 3 is 2.93 bits per heavy atom. The summed E-state index contributed by atoms with van der Waals surface area (Å²) in [6.07, 6.45) is 7.74. The van der Waals surface area contributed by atoms with E-state index >= 15 is 0 Å². The predicted octanol–water partition coefficient (Wildman–Crippen LogP) is 3.64. The highest BCUT2D eigenvalue weighted by Crippen LogP contribution is 2.37. The Balaban J connectivity index is 1.64. The number of benzene rings is 1. The van der Waals surface area contributed by atoms with Gasteiger partial charge in [0.15, 0.2) is 13.2 Å². The molecule has 3 aromatic heterocycles. The Kier molecular flexibility index (Phi) is 3.91. The lowest BCUT2D eigenvalue weighted by atomic mass is 10.1. The van der Waals surface area contributed by atoms with Crippen LogP contribution in [0.25, 0.3) is 16.4 Å². The number of halogens is 1. The van der Waals surface area contributed by atoms with E-state index in [1.807, 2.05) is 51.4 Å². The molecule has 0 saturated heterocycles. The fourth-order valence-corrected chi connectivity index (χ4v) is 4.15. The van der Waals surface area contributed by atoms with Gasteiger partial charge in [-0.2, -0.15) is 0 Å². The van der Waals surface area contributed by atoms with Gasteiger partial charge in [0.25, 0.3) is 5.56 Å². The van der Waals surface area contributed by atoms with Crippen LogP contribution < -0.4 is 15.6 Å². The van der Waals surface area contributed by atoms with Crippen molar-refractivity contribution < 1.29 is 4.68 Å². The Morgan fingerprint density at radius 1 is 1.32 bits per heavy atom. The molecule has 5 rings (SSSR count). The fourth-order valence-electron chi connectivity index (χ4n) is 3.89. The second-order valence-corrected chi connectivity index (χ2v) is 7.85. The first-order chi connectivity index (χ1) is 13.5. The monoisotopic (exact) mass is 394 g/mol. The highest BCUT2D eigenvalue weighted by Gasteiger charge is 2.29. The molecular formula is C21H21ClN5O+. The van der Waals surface area contributed by atoms with Gasteiger partial charge >= 0.3 is 0 Å². The number of anilines is 1. The smallest absolute Gasteiger partial charge is 0.260 e. The van der Waals surface area contributed by atoms with Crippen molar-refractivity contribution >= 4 is 33.7 Å². The van der Waals surface area contributed by atoms with Crippen molar-refractivity contribution in [3.63, 3.8) is 0 Å². The molecule has 1 aromatic carbocycles. The highest BCUT2D eigenvalue weighted by atomic mass is 35.5. The van der Waals surface area contributed by atoms with E-state index in [1.54, 1.807) is 12.3 Å². The molecule has 0 amide bonds. The third kappa shape index (κ3) is 2.67. The van der Waals surface area contributed by atoms with Gasteiger partial charge in [-0.1, -0.05) is 23.7 Å². The Labute approximate surface area is 167 Å². The molecule has 0 radical (unpaired) electrons. The number of pyridine rings is 1. The van der Waals surface area contributed by atoms with E-state index < -0.39 is 0 Å². The average molecular weight is 395 g/mol. The van der Waals surface area contributed by atoms with Gasteiger partial charge in [-0.25, -0.2) is 4.98 Å². The maximum Gasteiger partial charge on any atom is 0.260 e. The molecule has 1 aliphatic carbocycles. The van der Waals surface area contributed by atoms with Crippen LogP contribution >= 0.6 is 11.6 Å². The summed E-state index contributed by atoms with van der Waals surface area (Å²) >= 11 is 6.35. The summed E-state index contributed by atoms with van der Waals surface area (Å²) in [4.78, 5) is 17.7. The molecule has 6 nitrogen and oxygen atoms in total. The first-order valence-electron chi connectivity index (χ1n) is 9.47. The summed E-state index contributed by atoms with van der Waals surface area (Å²) in [6, 6.07) is 9.91. The molecule has 1 aliphatic rings. The molecule has 28 heavy (non-hydrogen) atoms. The summed E-state index contributed by atoms with van der Waals surface area (Å²) in [6.45, 7) is 2.08. The standard InChI is InChI=1S/C21H20ClN5O/c1-13(24-17-8-10-25(2)26-11-9-23-20(17)26)18-12-14-4-3-5-16(22)19(14)21(28)27(18)15-6-7-15/h3-5,8-13,15H,6-7H2,1-2H3/p+1. The molecule has 0 bridgehead atoms. The SMILES string of the molecule is CC(Nc1cc[n+](C)n2ccnc12)c1cc2cccc(Cl)c2c(=O)n1C1CC1. The van der Waals surface area contributed by atoms with Crippen LogP contribution in [-0.2, 0) is 7.05 Å². The quantitative estimate of drug-likeness (QED) is 0.538. The zero-order chi connectivity index (χ0) is 19.4. The van der Waals surface area contributed by atoms with Crippen LogP contribution in [0.5, 0.6) is 0 Å². The van der Waals surface area contributed by atoms with Crippen LogP contribution in [-0.4, -0.2) is 14.1 Å². The number of hydrogen-bond donors (Lipinski definition) is 1.